The molecule has 0 unspecified atom stereocenters. The van der Waals surface area contributed by atoms with Crippen LogP contribution in [0.4, 0.5) is 34.1 Å². The molecule has 0 radical (unpaired) electrons. The van der Waals surface area contributed by atoms with Gasteiger partial charge in [-0.1, -0.05) is 364 Å². The minimum Gasteiger partial charge on any atom is -0.456 e. The van der Waals surface area contributed by atoms with E-state index in [0.717, 1.165) is 106 Å². The molecule has 0 aliphatic rings. The Hall–Kier alpha value is -19.7. The molecule has 0 saturated heterocycles. The highest BCUT2D eigenvalue weighted by Crippen LogP contribution is 2.49. The highest BCUT2D eigenvalue weighted by Gasteiger charge is 2.25. The van der Waals surface area contributed by atoms with Crippen LogP contribution in [-0.4, -0.2) is 9.13 Å². The summed E-state index contributed by atoms with van der Waals surface area (Å²) in [4.78, 5) is 4.72. The van der Waals surface area contributed by atoms with Gasteiger partial charge in [0.2, 0.25) is 0 Å². The maximum atomic E-state index is 6.32. The Morgan fingerprint density at radius 2 is 0.365 bits per heavy atom. The summed E-state index contributed by atoms with van der Waals surface area (Å²) < 4.78 is 17.4. The molecule has 0 spiro atoms. The fraction of sp³-hybridized carbons (Fsp3) is 0. The number of hydrogen-bond donors (Lipinski definition) is 0. The van der Waals surface area contributed by atoms with E-state index in [9.17, 15) is 0 Å². The van der Waals surface area contributed by atoms with Crippen molar-refractivity contribution in [1.82, 2.24) is 9.13 Å². The number of nitrogens with zero attached hydrogens (tertiary/aromatic N) is 4. The van der Waals surface area contributed by atoms with Gasteiger partial charge >= 0.3 is 0 Å². The highest BCUT2D eigenvalue weighted by atomic mass is 16.3. The Bertz CT molecular complexity index is 10500. The molecule has 0 aliphatic heterocycles. The van der Waals surface area contributed by atoms with Crippen molar-refractivity contribution in [2.24, 2.45) is 0 Å². The Balaban J connectivity index is 0.000000140. The number of aromatic nitrogens is 2. The molecule has 148 heavy (non-hydrogen) atoms. The Labute approximate surface area is 853 Å². The smallest absolute Gasteiger partial charge is 0.135 e. The summed E-state index contributed by atoms with van der Waals surface area (Å²) in [6.45, 7) is 0. The van der Waals surface area contributed by atoms with Crippen LogP contribution in [0.15, 0.2) is 555 Å². The molecule has 0 saturated carbocycles. The lowest BCUT2D eigenvalue weighted by atomic mass is 9.92. The van der Waals surface area contributed by atoms with Gasteiger partial charge in [-0.3, -0.25) is 0 Å². The molecule has 26 aromatic carbocycles. The van der Waals surface area contributed by atoms with E-state index in [4.69, 9.17) is 8.83 Å². The van der Waals surface area contributed by atoms with Gasteiger partial charge in [-0.15, -0.1) is 0 Å². The Kier molecular flexibility index (Phi) is 20.2. The summed E-state index contributed by atoms with van der Waals surface area (Å²) in [5.41, 5.74) is 33.5. The van der Waals surface area contributed by atoms with Gasteiger partial charge in [0.15, 0.2) is 0 Å². The summed E-state index contributed by atoms with van der Waals surface area (Å²) in [7, 11) is 0. The van der Waals surface area contributed by atoms with Crippen LogP contribution in [0, 0.1) is 0 Å². The van der Waals surface area contributed by atoms with E-state index in [1.54, 1.807) is 0 Å². The van der Waals surface area contributed by atoms with Crippen LogP contribution in [0.25, 0.3) is 252 Å². The van der Waals surface area contributed by atoms with E-state index in [-0.39, 0.29) is 0 Å². The van der Waals surface area contributed by atoms with Crippen LogP contribution in [0.1, 0.15) is 0 Å². The molecule has 0 aliphatic carbocycles. The molecule has 4 heterocycles. The van der Waals surface area contributed by atoms with E-state index in [2.05, 4.69) is 541 Å². The molecule has 0 fully saturated rings. The Morgan fingerprint density at radius 3 is 0.730 bits per heavy atom. The van der Waals surface area contributed by atoms with Crippen molar-refractivity contribution in [3.63, 3.8) is 0 Å². The number of para-hydroxylation sites is 4. The summed E-state index contributed by atoms with van der Waals surface area (Å²) in [5.74, 6) is 0. The maximum Gasteiger partial charge on any atom is 0.135 e. The van der Waals surface area contributed by atoms with Gasteiger partial charge in [0.25, 0.3) is 0 Å². The minimum atomic E-state index is 0.874. The number of anilines is 6. The first-order valence-corrected chi connectivity index (χ1v) is 50.8. The largest absolute Gasteiger partial charge is 0.456 e. The predicted molar refractivity (Wildman–Crippen MR) is 626 cm³/mol. The van der Waals surface area contributed by atoms with Gasteiger partial charge < -0.3 is 27.8 Å². The molecule has 0 atom stereocenters. The van der Waals surface area contributed by atoms with Gasteiger partial charge in [-0.05, 0) is 335 Å². The molecular formula is C142H90N4O2. The summed E-state index contributed by atoms with van der Waals surface area (Å²) in [5, 5.41) is 27.1. The molecule has 0 bridgehead atoms. The third kappa shape index (κ3) is 14.6. The second-order valence-corrected chi connectivity index (χ2v) is 38.9. The van der Waals surface area contributed by atoms with Crippen molar-refractivity contribution >= 4 is 197 Å². The first-order valence-electron chi connectivity index (χ1n) is 50.8. The van der Waals surface area contributed by atoms with Gasteiger partial charge in [0.05, 0.1) is 22.1 Å². The van der Waals surface area contributed by atoms with Gasteiger partial charge in [0, 0.05) is 88.6 Å². The maximum absolute atomic E-state index is 6.32. The molecule has 30 aromatic rings. The van der Waals surface area contributed by atoms with E-state index in [1.807, 2.05) is 24.3 Å². The average Bonchev–Trinajstić information content (AvgIpc) is 1.69. The summed E-state index contributed by atoms with van der Waals surface area (Å²) >= 11 is 0. The van der Waals surface area contributed by atoms with Crippen LogP contribution < -0.4 is 9.80 Å². The second kappa shape index (κ2) is 35.2. The van der Waals surface area contributed by atoms with Crippen molar-refractivity contribution in [2.75, 3.05) is 9.80 Å². The predicted octanol–water partition coefficient (Wildman–Crippen LogP) is 40.0. The number of fused-ring (bicyclic) bond motifs is 25. The summed E-state index contributed by atoms with van der Waals surface area (Å²) in [6, 6.07) is 199. The molecule has 4 aromatic heterocycles. The van der Waals surface area contributed by atoms with E-state index >= 15 is 0 Å². The van der Waals surface area contributed by atoms with Crippen molar-refractivity contribution in [3.05, 3.63) is 546 Å². The SMILES string of the molecule is c1ccc(-c2ccc(-c3ccc4c(c3)c3cc(-c5ccc(N(c6ccc(-c7ccc8c9ccccc9c9ccccc9c8c7)cc6)c6ccc7oc8ccccc8c7c6)cc5)ccc3n4-c3ccccc3)cc2)cc1.c1ccc(-n2c3ccc(-c4ccc(N(c5ccc(-c6ccc7c8ccccc8c8ccccc8c7c6)cc5)c5ccc6oc7ccccc7c6c5)cc4)cc3c3cc(-c4cccc5ccccc45)ccc32)cc1. The first-order chi connectivity index (χ1) is 73.3. The molecule has 6 nitrogen and oxygen atoms in total. The zero-order valence-corrected chi connectivity index (χ0v) is 80.6. The van der Waals surface area contributed by atoms with E-state index in [0.29, 0.717) is 0 Å². The standard InChI is InChI=1S/C72H46N2O.C70H44N2O/c1-3-13-47(14-4-1)48-23-25-49(26-24-48)53-32-40-69-66(44-53)67-45-54(33-41-70(67)74(69)55-15-5-2-6-16-55)51-29-36-57(37-30-51)73(58-38-42-72-68(46-58)64-21-11-12-22-71(64)75-72)56-34-27-50(28-35-56)52-31-39-63-61-19-8-7-17-59(61)60-18-9-10-20-62(60)65(63)43-52;1-2-15-51(16-3-1)72-67-38-30-49(42-64(67)65-43-50(31-39-68(65)72)56-23-12-14-47-13-4-5-17-55(47)56)46-27-34-53(35-28-46)71(54-36-40-70-66(44-54)62-22-10-11-24-69(62)73-70)52-32-25-45(26-33-52)48-29-37-61-59-20-7-6-18-57(59)58-19-8-9-21-60(58)63(61)41-48/h1-46H;1-44H. The van der Waals surface area contributed by atoms with Crippen molar-refractivity contribution in [2.45, 2.75) is 0 Å². The van der Waals surface area contributed by atoms with Crippen molar-refractivity contribution in [1.29, 1.82) is 0 Å². The van der Waals surface area contributed by atoms with Gasteiger partial charge in [0.1, 0.15) is 22.3 Å². The minimum absolute atomic E-state index is 0.874. The van der Waals surface area contributed by atoms with Crippen LogP contribution in [0.2, 0.25) is 0 Å². The zero-order valence-electron chi connectivity index (χ0n) is 80.6. The lowest BCUT2D eigenvalue weighted by Crippen LogP contribution is -2.09. The van der Waals surface area contributed by atoms with Crippen molar-refractivity contribution < 1.29 is 8.83 Å². The zero-order chi connectivity index (χ0) is 97.4. The molecule has 690 valence electrons. The van der Waals surface area contributed by atoms with Crippen molar-refractivity contribution in [3.8, 4) is 89.3 Å². The van der Waals surface area contributed by atoms with E-state index in [1.165, 1.54) is 180 Å². The normalized spacial score (nSPS) is 11.8. The quantitative estimate of drug-likeness (QED) is 0.0960. The number of hydrogen-bond acceptors (Lipinski definition) is 4. The second-order valence-electron chi connectivity index (χ2n) is 38.9. The molecule has 6 heteroatoms. The molecule has 30 rings (SSSR count). The number of rotatable bonds is 15. The fourth-order valence-electron chi connectivity index (χ4n) is 23.4. The van der Waals surface area contributed by atoms with Gasteiger partial charge in [-0.2, -0.15) is 0 Å². The van der Waals surface area contributed by atoms with Crippen LogP contribution in [-0.2, 0) is 0 Å². The van der Waals surface area contributed by atoms with Gasteiger partial charge in [-0.25, -0.2) is 0 Å². The third-order valence-corrected chi connectivity index (χ3v) is 30.5. The fourth-order valence-corrected chi connectivity index (χ4v) is 23.4. The molecule has 0 amide bonds. The monoisotopic (exact) mass is 1880 g/mol. The lowest BCUT2D eigenvalue weighted by Gasteiger charge is -2.26. The topological polar surface area (TPSA) is 42.6 Å². The van der Waals surface area contributed by atoms with Crippen LogP contribution in [0.5, 0.6) is 0 Å². The average molecular weight is 1880 g/mol. The lowest BCUT2D eigenvalue weighted by molar-refractivity contribution is 0.668. The molecule has 0 N–H and O–H groups in total. The summed E-state index contributed by atoms with van der Waals surface area (Å²) in [6.07, 6.45) is 0. The Morgan fingerprint density at radius 1 is 0.128 bits per heavy atom. The third-order valence-electron chi connectivity index (χ3n) is 30.5. The highest BCUT2D eigenvalue weighted by molar-refractivity contribution is 6.28. The van der Waals surface area contributed by atoms with E-state index < -0.39 is 0 Å². The van der Waals surface area contributed by atoms with Crippen LogP contribution >= 0.6 is 0 Å². The number of furan rings is 2. The molecular weight excluding hydrogens is 1790 g/mol. The first kappa shape index (κ1) is 85.1. The van der Waals surface area contributed by atoms with Crippen LogP contribution in [0.3, 0.4) is 0 Å². The number of benzene rings is 26.